The minimum atomic E-state index is -0.527. The molecule has 172 valence electrons. The van der Waals surface area contributed by atoms with Gasteiger partial charge in [0.15, 0.2) is 12.4 Å². The summed E-state index contributed by atoms with van der Waals surface area (Å²) in [7, 11) is 0. The lowest BCUT2D eigenvalue weighted by molar-refractivity contribution is -0.118. The van der Waals surface area contributed by atoms with Gasteiger partial charge in [-0.05, 0) is 43.3 Å². The lowest BCUT2D eigenvalue weighted by Gasteiger charge is -2.20. The first-order valence-corrected chi connectivity index (χ1v) is 10.8. The second-order valence-corrected chi connectivity index (χ2v) is 7.74. The van der Waals surface area contributed by atoms with Crippen molar-refractivity contribution in [2.45, 2.75) is 19.4 Å². The Kier molecular flexibility index (Phi) is 6.98. The molecule has 0 radical (unpaired) electrons. The smallest absolute Gasteiger partial charge is 0.271 e. The number of carbonyl (C=O) groups excluding carboxylic acids is 3. The average molecular weight is 457 g/mol. The van der Waals surface area contributed by atoms with E-state index in [1.54, 1.807) is 41.4 Å². The third-order valence-electron chi connectivity index (χ3n) is 5.18. The quantitative estimate of drug-likeness (QED) is 0.536. The Morgan fingerprint density at radius 3 is 2.29 bits per heavy atom. The first-order chi connectivity index (χ1) is 16.5. The van der Waals surface area contributed by atoms with Crippen LogP contribution in [0, 0.1) is 0 Å². The van der Waals surface area contributed by atoms with Crippen LogP contribution < -0.4 is 20.4 Å². The normalized spacial score (nSPS) is 14.8. The second kappa shape index (κ2) is 10.4. The number of amides is 2. The van der Waals surface area contributed by atoms with Crippen LogP contribution in [0.3, 0.4) is 0 Å². The first kappa shape index (κ1) is 22.7. The summed E-state index contributed by atoms with van der Waals surface area (Å²) in [5.74, 6) is -0.331. The first-order valence-electron chi connectivity index (χ1n) is 10.8. The van der Waals surface area contributed by atoms with E-state index in [-0.39, 0.29) is 30.4 Å². The van der Waals surface area contributed by atoms with Crippen LogP contribution in [-0.4, -0.2) is 36.0 Å². The Morgan fingerprint density at radius 2 is 1.59 bits per heavy atom. The predicted molar refractivity (Wildman–Crippen MR) is 131 cm³/mol. The summed E-state index contributed by atoms with van der Waals surface area (Å²) >= 11 is 0. The molecule has 0 bridgehead atoms. The summed E-state index contributed by atoms with van der Waals surface area (Å²) in [5.41, 5.74) is 2.18. The van der Waals surface area contributed by atoms with Gasteiger partial charge in [-0.3, -0.25) is 19.4 Å². The van der Waals surface area contributed by atoms with E-state index in [9.17, 15) is 14.4 Å². The summed E-state index contributed by atoms with van der Waals surface area (Å²) in [5, 5.41) is 11.5. The van der Waals surface area contributed by atoms with Gasteiger partial charge in [-0.2, -0.15) is 5.10 Å². The highest BCUT2D eigenvalue weighted by atomic mass is 16.5. The van der Waals surface area contributed by atoms with Gasteiger partial charge < -0.3 is 15.4 Å². The number of hydrogen-bond acceptors (Lipinski definition) is 6. The molecule has 3 aromatic carbocycles. The number of hydrogen-bond donors (Lipinski definition) is 2. The molecule has 8 heteroatoms. The van der Waals surface area contributed by atoms with Crippen molar-refractivity contribution < 1.29 is 19.1 Å². The van der Waals surface area contributed by atoms with Crippen molar-refractivity contribution in [3.8, 4) is 5.75 Å². The summed E-state index contributed by atoms with van der Waals surface area (Å²) < 4.78 is 5.56. The molecule has 2 N–H and O–H groups in total. The summed E-state index contributed by atoms with van der Waals surface area (Å²) in [6.07, 6.45) is 0.214. The van der Waals surface area contributed by atoms with Gasteiger partial charge in [-0.25, -0.2) is 0 Å². The van der Waals surface area contributed by atoms with Gasteiger partial charge in [0.2, 0.25) is 0 Å². The van der Waals surface area contributed by atoms with Crippen molar-refractivity contribution in [1.82, 2.24) is 0 Å². The molecule has 0 saturated heterocycles. The van der Waals surface area contributed by atoms with Crippen LogP contribution in [0.2, 0.25) is 0 Å². The minimum absolute atomic E-state index is 0.0698. The minimum Gasteiger partial charge on any atom is -0.484 e. The molecule has 0 aromatic heterocycles. The van der Waals surface area contributed by atoms with Gasteiger partial charge in [-0.15, -0.1) is 0 Å². The molecule has 0 fully saturated rings. The van der Waals surface area contributed by atoms with E-state index in [0.717, 1.165) is 5.69 Å². The van der Waals surface area contributed by atoms with Crippen LogP contribution >= 0.6 is 0 Å². The highest BCUT2D eigenvalue weighted by Crippen LogP contribution is 2.26. The number of ketones is 1. The maximum Gasteiger partial charge on any atom is 0.271 e. The summed E-state index contributed by atoms with van der Waals surface area (Å²) in [4.78, 5) is 37.1. The highest BCUT2D eigenvalue weighted by molar-refractivity contribution is 6.44. The van der Waals surface area contributed by atoms with Crippen molar-refractivity contribution in [3.05, 3.63) is 84.9 Å². The molecule has 2 amide bonds. The van der Waals surface area contributed by atoms with Gasteiger partial charge in [-0.1, -0.05) is 42.5 Å². The number of ether oxygens (including phenoxy) is 1. The maximum atomic E-state index is 12.9. The third kappa shape index (κ3) is 5.66. The fourth-order valence-electron chi connectivity index (χ4n) is 3.52. The molecular formula is C26H24N4O4. The lowest BCUT2D eigenvalue weighted by Crippen LogP contribution is -2.33. The Bertz CT molecular complexity index is 1210. The van der Waals surface area contributed by atoms with Crippen LogP contribution in [0.5, 0.6) is 5.75 Å². The Balaban J connectivity index is 1.38. The number of para-hydroxylation sites is 2. The van der Waals surface area contributed by atoms with Crippen molar-refractivity contribution in [3.63, 3.8) is 0 Å². The number of anilines is 3. The van der Waals surface area contributed by atoms with Crippen LogP contribution in [-0.2, 0) is 14.4 Å². The molecule has 1 heterocycles. The zero-order valence-corrected chi connectivity index (χ0v) is 18.6. The van der Waals surface area contributed by atoms with Crippen LogP contribution in [0.4, 0.5) is 17.1 Å². The molecule has 3 aromatic rings. The average Bonchev–Trinajstić information content (AvgIpc) is 3.31. The zero-order valence-electron chi connectivity index (χ0n) is 18.6. The van der Waals surface area contributed by atoms with Crippen LogP contribution in [0.1, 0.15) is 13.3 Å². The molecule has 0 aliphatic carbocycles. The number of nitrogens with one attached hydrogen (secondary N) is 2. The topological polar surface area (TPSA) is 100 Å². The number of Topliss-reactive ketones (excluding diaryl/α,β-unsaturated/α-hetero) is 1. The standard InChI is InChI=1S/C26H24N4O4/c1-18(31)24-16-23(29-30(24)21-12-6-3-7-13-21)26(33)28-20-11-8-14-22(15-20)34-17-25(32)27-19-9-4-2-5-10-19/h2-15,24H,16-17H2,1H3,(H,27,32)(H,28,33). The van der Waals surface area contributed by atoms with E-state index >= 15 is 0 Å². The molecule has 8 nitrogen and oxygen atoms in total. The fourth-order valence-corrected chi connectivity index (χ4v) is 3.52. The Labute approximate surface area is 197 Å². The van der Waals surface area contributed by atoms with Gasteiger partial charge in [0, 0.05) is 23.9 Å². The Morgan fingerprint density at radius 1 is 0.912 bits per heavy atom. The number of hydrazone groups is 1. The van der Waals surface area contributed by atoms with E-state index in [2.05, 4.69) is 15.7 Å². The maximum absolute atomic E-state index is 12.9. The molecule has 4 rings (SSSR count). The van der Waals surface area contributed by atoms with Gasteiger partial charge in [0.25, 0.3) is 11.8 Å². The number of rotatable bonds is 8. The van der Waals surface area contributed by atoms with E-state index in [0.29, 0.717) is 17.1 Å². The highest BCUT2D eigenvalue weighted by Gasteiger charge is 2.34. The fraction of sp³-hybridized carbons (Fsp3) is 0.154. The van der Waals surface area contributed by atoms with Gasteiger partial charge >= 0.3 is 0 Å². The van der Waals surface area contributed by atoms with Crippen LogP contribution in [0.15, 0.2) is 90.0 Å². The molecular weight excluding hydrogens is 432 g/mol. The third-order valence-corrected chi connectivity index (χ3v) is 5.18. The van der Waals surface area contributed by atoms with Crippen molar-refractivity contribution in [1.29, 1.82) is 0 Å². The van der Waals surface area contributed by atoms with Crippen LogP contribution in [0.25, 0.3) is 0 Å². The number of benzene rings is 3. The molecule has 1 aliphatic rings. The SMILES string of the molecule is CC(=O)C1CC(C(=O)Nc2cccc(OCC(=O)Nc3ccccc3)c2)=NN1c1ccccc1. The van der Waals surface area contributed by atoms with Gasteiger partial charge in [0.1, 0.15) is 17.5 Å². The number of carbonyl (C=O) groups is 3. The monoisotopic (exact) mass is 456 g/mol. The second-order valence-electron chi connectivity index (χ2n) is 7.74. The van der Waals surface area contributed by atoms with E-state index in [1.165, 1.54) is 6.92 Å². The zero-order chi connectivity index (χ0) is 23.9. The van der Waals surface area contributed by atoms with Crippen molar-refractivity contribution in [2.75, 3.05) is 22.2 Å². The molecule has 0 saturated carbocycles. The lowest BCUT2D eigenvalue weighted by atomic mass is 10.1. The predicted octanol–water partition coefficient (Wildman–Crippen LogP) is 3.87. The summed E-state index contributed by atoms with van der Waals surface area (Å²) in [6, 6.07) is 24.6. The molecule has 1 atom stereocenters. The molecule has 1 aliphatic heterocycles. The number of nitrogens with zero attached hydrogens (tertiary/aromatic N) is 2. The summed E-state index contributed by atoms with van der Waals surface area (Å²) in [6.45, 7) is 1.32. The molecule has 34 heavy (non-hydrogen) atoms. The van der Waals surface area contributed by atoms with E-state index in [4.69, 9.17) is 4.74 Å². The molecule has 0 spiro atoms. The van der Waals surface area contributed by atoms with E-state index in [1.807, 2.05) is 48.5 Å². The largest absolute Gasteiger partial charge is 0.484 e. The van der Waals surface area contributed by atoms with Crippen molar-refractivity contribution in [2.24, 2.45) is 5.10 Å². The molecule has 1 unspecified atom stereocenters. The van der Waals surface area contributed by atoms with Gasteiger partial charge in [0.05, 0.1) is 5.69 Å². The van der Waals surface area contributed by atoms with Crippen molar-refractivity contribution >= 4 is 40.4 Å². The Hall–Kier alpha value is -4.46. The van der Waals surface area contributed by atoms with E-state index < -0.39 is 11.9 Å².